The summed E-state index contributed by atoms with van der Waals surface area (Å²) in [7, 11) is 0. The van der Waals surface area contributed by atoms with Gasteiger partial charge in [-0.15, -0.1) is 12.4 Å². The Kier molecular flexibility index (Phi) is 36.0. The number of nitrogens with two attached hydrogens (primary N) is 2. The molecule has 0 aliphatic carbocycles. The van der Waals surface area contributed by atoms with Crippen LogP contribution in [-0.4, -0.2) is 46.6 Å². The monoisotopic (exact) mass is 179 g/mol. The Morgan fingerprint density at radius 3 is 1.50 bits per heavy atom. The van der Waals surface area contributed by atoms with E-state index in [2.05, 4.69) is 11.5 Å². The molecule has 0 aromatic heterocycles. The van der Waals surface area contributed by atoms with Crippen molar-refractivity contribution in [2.24, 2.45) is 11.5 Å². The molecule has 0 radical (unpaired) electrons. The number of guanidine groups is 1. The van der Waals surface area contributed by atoms with Crippen LogP contribution in [-0.2, 0) is 4.79 Å². The summed E-state index contributed by atoms with van der Waals surface area (Å²) in [4.78, 5) is 9.00. The average Bonchev–Trinajstić information content (AvgIpc) is 1.25. The number of halogens is 1. The zero-order valence-corrected chi connectivity index (χ0v) is 5.73. The molecule has 6 N–H and O–H groups in total. The van der Waals surface area contributed by atoms with Crippen molar-refractivity contribution in [3.63, 3.8) is 0 Å². The van der Waals surface area contributed by atoms with E-state index in [0.29, 0.717) is 0 Å². The maximum absolute atomic E-state index is 9.00. The first-order chi connectivity index (χ1) is 3.46. The first-order valence-corrected chi connectivity index (χ1v) is 1.76. The van der Waals surface area contributed by atoms with Crippen LogP contribution in [0.4, 0.5) is 0 Å². The Morgan fingerprint density at radius 1 is 1.50 bits per heavy atom. The molecule has 5 nitrogen and oxygen atoms in total. The number of hydrogen-bond donors (Lipinski definition) is 4. The molecule has 0 rings (SSSR count). The van der Waals surface area contributed by atoms with Gasteiger partial charge >= 0.3 is 29.6 Å². The standard InChI is InChI=1S/C2H4O2.CH5N3.ClH.Na.H/c1-2(3)4;2-1(3)4;;;/h1H3,(H,3,4);(H5,2,3,4);1H;;. The van der Waals surface area contributed by atoms with Gasteiger partial charge in [0.05, 0.1) is 0 Å². The van der Waals surface area contributed by atoms with Gasteiger partial charge in [-0.2, -0.15) is 0 Å². The van der Waals surface area contributed by atoms with Crippen molar-refractivity contribution in [1.29, 1.82) is 5.41 Å². The predicted octanol–water partition coefficient (Wildman–Crippen LogP) is -1.30. The molecule has 0 unspecified atom stereocenters. The molecule has 0 saturated heterocycles. The summed E-state index contributed by atoms with van der Waals surface area (Å²) in [6.45, 7) is 1.08. The van der Waals surface area contributed by atoms with Gasteiger partial charge in [0, 0.05) is 6.92 Å². The van der Waals surface area contributed by atoms with E-state index in [1.54, 1.807) is 0 Å². The van der Waals surface area contributed by atoms with Gasteiger partial charge in [-0.25, -0.2) is 0 Å². The SMILES string of the molecule is CC(=O)O.Cl.N=C(N)N.[NaH]. The second-order valence-electron chi connectivity index (χ2n) is 0.974. The Morgan fingerprint density at radius 2 is 1.50 bits per heavy atom. The zero-order valence-electron chi connectivity index (χ0n) is 4.92. The van der Waals surface area contributed by atoms with Crippen LogP contribution in [0, 0.1) is 5.41 Å². The molecule has 0 heterocycles. The third-order valence-electron chi connectivity index (χ3n) is 0. The molecular formula is C3H11ClN3NaO2. The van der Waals surface area contributed by atoms with E-state index in [9.17, 15) is 0 Å². The van der Waals surface area contributed by atoms with E-state index in [-0.39, 0.29) is 47.9 Å². The number of carboxylic acids is 1. The molecule has 58 valence electrons. The van der Waals surface area contributed by atoms with Crippen LogP contribution in [0.1, 0.15) is 6.92 Å². The molecule has 10 heavy (non-hydrogen) atoms. The minimum atomic E-state index is -0.833. The molecule has 0 aliphatic heterocycles. The van der Waals surface area contributed by atoms with E-state index in [1.807, 2.05) is 0 Å². The fourth-order valence-corrected chi connectivity index (χ4v) is 0. The third kappa shape index (κ3) is 441000. The van der Waals surface area contributed by atoms with Crippen molar-refractivity contribution in [2.45, 2.75) is 6.92 Å². The molecule has 0 bridgehead atoms. The summed E-state index contributed by atoms with van der Waals surface area (Å²) >= 11 is 0. The summed E-state index contributed by atoms with van der Waals surface area (Å²) < 4.78 is 0. The number of rotatable bonds is 0. The first-order valence-electron chi connectivity index (χ1n) is 1.76. The molecule has 0 aromatic carbocycles. The van der Waals surface area contributed by atoms with E-state index < -0.39 is 5.97 Å². The van der Waals surface area contributed by atoms with Crippen LogP contribution in [0.25, 0.3) is 0 Å². The summed E-state index contributed by atoms with van der Waals surface area (Å²) in [5.41, 5.74) is 8.94. The van der Waals surface area contributed by atoms with Crippen molar-refractivity contribution in [3.05, 3.63) is 0 Å². The Hall–Kier alpha value is 0.0300. The van der Waals surface area contributed by atoms with Gasteiger partial charge in [0.25, 0.3) is 5.97 Å². The molecule has 0 amide bonds. The minimum absolute atomic E-state index is 0. The predicted molar refractivity (Wildman–Crippen MR) is 43.8 cm³/mol. The fourth-order valence-electron chi connectivity index (χ4n) is 0. The average molecular weight is 180 g/mol. The maximum atomic E-state index is 9.00. The number of nitrogens with one attached hydrogen (secondary N) is 1. The molecule has 0 spiro atoms. The van der Waals surface area contributed by atoms with Gasteiger partial charge in [-0.05, 0) is 0 Å². The quantitative estimate of drug-likeness (QED) is 0.210. The summed E-state index contributed by atoms with van der Waals surface area (Å²) in [6.07, 6.45) is 0. The van der Waals surface area contributed by atoms with Gasteiger partial charge in [-0.3, -0.25) is 10.2 Å². The Bertz CT molecular complexity index is 79.7. The van der Waals surface area contributed by atoms with Crippen molar-refractivity contribution >= 4 is 53.9 Å². The van der Waals surface area contributed by atoms with E-state index in [0.717, 1.165) is 6.92 Å². The molecule has 0 aromatic rings. The van der Waals surface area contributed by atoms with Crippen LogP contribution >= 0.6 is 12.4 Å². The van der Waals surface area contributed by atoms with Gasteiger partial charge in [0.15, 0.2) is 5.96 Å². The van der Waals surface area contributed by atoms with Crippen molar-refractivity contribution in [2.75, 3.05) is 0 Å². The van der Waals surface area contributed by atoms with Crippen LogP contribution < -0.4 is 11.5 Å². The van der Waals surface area contributed by atoms with Crippen LogP contribution in [0.15, 0.2) is 0 Å². The number of carbonyl (C=O) groups is 1. The molecule has 0 fully saturated rings. The fraction of sp³-hybridized carbons (Fsp3) is 0.333. The molecular weight excluding hydrogens is 168 g/mol. The van der Waals surface area contributed by atoms with E-state index >= 15 is 0 Å². The third-order valence-corrected chi connectivity index (χ3v) is 0. The topological polar surface area (TPSA) is 113 Å². The van der Waals surface area contributed by atoms with Gasteiger partial charge in [0.1, 0.15) is 0 Å². The van der Waals surface area contributed by atoms with Crippen LogP contribution in [0.5, 0.6) is 0 Å². The van der Waals surface area contributed by atoms with Crippen molar-refractivity contribution < 1.29 is 9.90 Å². The van der Waals surface area contributed by atoms with Crippen molar-refractivity contribution in [3.8, 4) is 0 Å². The van der Waals surface area contributed by atoms with Crippen molar-refractivity contribution in [1.82, 2.24) is 0 Å². The van der Waals surface area contributed by atoms with Crippen LogP contribution in [0.3, 0.4) is 0 Å². The van der Waals surface area contributed by atoms with E-state index in [4.69, 9.17) is 15.3 Å². The first kappa shape index (κ1) is 22.5. The molecule has 0 atom stereocenters. The Labute approximate surface area is 87.4 Å². The summed E-state index contributed by atoms with van der Waals surface area (Å²) in [5, 5.41) is 13.5. The number of aliphatic carboxylic acids is 1. The normalized spacial score (nSPS) is 4.90. The molecule has 0 saturated carbocycles. The van der Waals surface area contributed by atoms with E-state index in [1.165, 1.54) is 0 Å². The second-order valence-corrected chi connectivity index (χ2v) is 0.974. The Balaban J connectivity index is -0.0000000300. The zero-order chi connectivity index (χ0) is 7.15. The second kappa shape index (κ2) is 16.0. The number of hydrogen-bond acceptors (Lipinski definition) is 2. The van der Waals surface area contributed by atoms with Gasteiger partial charge in [-0.1, -0.05) is 0 Å². The van der Waals surface area contributed by atoms with Crippen LogP contribution in [0.2, 0.25) is 0 Å². The molecule has 7 heteroatoms. The molecule has 0 aliphatic rings. The van der Waals surface area contributed by atoms with Gasteiger partial charge in [0.2, 0.25) is 0 Å². The van der Waals surface area contributed by atoms with Gasteiger partial charge < -0.3 is 16.6 Å². The summed E-state index contributed by atoms with van der Waals surface area (Å²) in [6, 6.07) is 0. The number of carboxylic acid groups (broad SMARTS) is 1. The summed E-state index contributed by atoms with van der Waals surface area (Å²) in [5.74, 6) is -1.17.